The average Bonchev–Trinajstić information content (AvgIpc) is 3.12. The minimum absolute atomic E-state index is 0.308. The van der Waals surface area contributed by atoms with E-state index in [1.54, 1.807) is 0 Å². The van der Waals surface area contributed by atoms with Crippen LogP contribution in [0.4, 0.5) is 0 Å². The van der Waals surface area contributed by atoms with Gasteiger partial charge in [-0.25, -0.2) is 0 Å². The van der Waals surface area contributed by atoms with Crippen LogP contribution in [-0.4, -0.2) is 46.1 Å². The van der Waals surface area contributed by atoms with Gasteiger partial charge in [0.05, 0.1) is 18.8 Å². The number of nitrogens with one attached hydrogen (secondary N) is 1. The Morgan fingerprint density at radius 3 is 0.900 bits per heavy atom. The lowest BCUT2D eigenvalue weighted by molar-refractivity contribution is -0.131. The molecular formula is C45H91NO4. The molecule has 0 saturated carbocycles. The van der Waals surface area contributed by atoms with Crippen LogP contribution in [0.25, 0.3) is 0 Å². The first-order chi connectivity index (χ1) is 24.6. The number of hydrogen-bond donors (Lipinski definition) is 4. The minimum atomic E-state index is -1.07. The SMILES string of the molecule is CCCCCCCCCCCCCCCCCCCCCCCCCCCC(O)C(=O)NC(CO)C(O)CCCCCCCCCCCCC. The van der Waals surface area contributed by atoms with Crippen LogP contribution in [0.2, 0.25) is 0 Å². The second kappa shape index (κ2) is 41.1. The third-order valence-corrected chi connectivity index (χ3v) is 11.0. The summed E-state index contributed by atoms with van der Waals surface area (Å²) in [5, 5.41) is 33.2. The number of aliphatic hydroxyl groups excluding tert-OH is 3. The Bertz CT molecular complexity index is 659. The van der Waals surface area contributed by atoms with Crippen LogP contribution in [0.15, 0.2) is 0 Å². The van der Waals surface area contributed by atoms with Crippen molar-refractivity contribution in [2.75, 3.05) is 6.61 Å². The van der Waals surface area contributed by atoms with Crippen molar-refractivity contribution in [2.45, 2.75) is 276 Å². The van der Waals surface area contributed by atoms with Crippen LogP contribution < -0.4 is 5.32 Å². The minimum Gasteiger partial charge on any atom is -0.394 e. The van der Waals surface area contributed by atoms with E-state index in [9.17, 15) is 20.1 Å². The zero-order chi connectivity index (χ0) is 36.6. The van der Waals surface area contributed by atoms with Gasteiger partial charge in [-0.2, -0.15) is 0 Å². The number of hydrogen-bond acceptors (Lipinski definition) is 4. The second-order valence-electron chi connectivity index (χ2n) is 16.0. The number of amides is 1. The maximum atomic E-state index is 12.5. The number of unbranched alkanes of at least 4 members (excludes halogenated alkanes) is 34. The summed E-state index contributed by atoms with van der Waals surface area (Å²) >= 11 is 0. The van der Waals surface area contributed by atoms with Crippen molar-refractivity contribution in [3.05, 3.63) is 0 Å². The van der Waals surface area contributed by atoms with E-state index in [0.717, 1.165) is 32.1 Å². The fourth-order valence-corrected chi connectivity index (χ4v) is 7.37. The molecule has 0 aromatic heterocycles. The van der Waals surface area contributed by atoms with E-state index < -0.39 is 24.2 Å². The van der Waals surface area contributed by atoms with Gasteiger partial charge in [0.25, 0.3) is 0 Å². The van der Waals surface area contributed by atoms with E-state index in [0.29, 0.717) is 12.8 Å². The Morgan fingerprint density at radius 2 is 0.640 bits per heavy atom. The van der Waals surface area contributed by atoms with Crippen LogP contribution in [-0.2, 0) is 4.79 Å². The molecule has 0 spiro atoms. The van der Waals surface area contributed by atoms with Gasteiger partial charge in [0, 0.05) is 0 Å². The molecule has 0 bridgehead atoms. The predicted molar refractivity (Wildman–Crippen MR) is 218 cm³/mol. The molecule has 5 heteroatoms. The van der Waals surface area contributed by atoms with Gasteiger partial charge in [0.2, 0.25) is 5.91 Å². The highest BCUT2D eigenvalue weighted by atomic mass is 16.3. The monoisotopic (exact) mass is 710 g/mol. The predicted octanol–water partition coefficient (Wildman–Crippen LogP) is 13.0. The first kappa shape index (κ1) is 49.4. The maximum Gasteiger partial charge on any atom is 0.249 e. The smallest absolute Gasteiger partial charge is 0.249 e. The highest BCUT2D eigenvalue weighted by Crippen LogP contribution is 2.17. The Balaban J connectivity index is 3.50. The van der Waals surface area contributed by atoms with Crippen molar-refractivity contribution in [3.63, 3.8) is 0 Å². The van der Waals surface area contributed by atoms with E-state index in [1.165, 1.54) is 199 Å². The molecule has 0 saturated heterocycles. The van der Waals surface area contributed by atoms with Crippen LogP contribution in [0.1, 0.15) is 258 Å². The molecule has 50 heavy (non-hydrogen) atoms. The topological polar surface area (TPSA) is 89.8 Å². The van der Waals surface area contributed by atoms with E-state index >= 15 is 0 Å². The lowest BCUT2D eigenvalue weighted by Gasteiger charge is -2.23. The molecule has 0 aromatic carbocycles. The fourth-order valence-electron chi connectivity index (χ4n) is 7.37. The van der Waals surface area contributed by atoms with Crippen LogP contribution in [0, 0.1) is 0 Å². The van der Waals surface area contributed by atoms with Gasteiger partial charge in [0.15, 0.2) is 0 Å². The maximum absolute atomic E-state index is 12.5. The summed E-state index contributed by atoms with van der Waals surface area (Å²) in [6.07, 6.45) is 46.9. The average molecular weight is 710 g/mol. The lowest BCUT2D eigenvalue weighted by Crippen LogP contribution is -2.49. The summed E-state index contributed by atoms with van der Waals surface area (Å²) in [5.74, 6) is -0.466. The standard InChI is InChI=1S/C45H91NO4/c1-3-5-7-9-11-13-15-16-17-18-19-20-21-22-23-24-25-26-27-28-30-32-34-36-38-40-44(49)45(50)46-42(41-47)43(48)39-37-35-33-31-29-14-12-10-8-6-4-2/h42-44,47-49H,3-41H2,1-2H3,(H,46,50). The Labute approximate surface area is 313 Å². The molecule has 0 aliphatic rings. The summed E-state index contributed by atoms with van der Waals surface area (Å²) in [4.78, 5) is 12.5. The van der Waals surface area contributed by atoms with Crippen molar-refractivity contribution < 1.29 is 20.1 Å². The molecule has 0 aromatic rings. The zero-order valence-electron chi connectivity index (χ0n) is 34.1. The Kier molecular flexibility index (Phi) is 40.6. The fraction of sp³-hybridized carbons (Fsp3) is 0.978. The molecule has 5 nitrogen and oxygen atoms in total. The van der Waals surface area contributed by atoms with Gasteiger partial charge in [-0.3, -0.25) is 4.79 Å². The van der Waals surface area contributed by atoms with Crippen molar-refractivity contribution in [3.8, 4) is 0 Å². The molecule has 0 fully saturated rings. The third-order valence-electron chi connectivity index (χ3n) is 11.0. The molecule has 0 aliphatic heterocycles. The summed E-state index contributed by atoms with van der Waals surface area (Å²) in [5.41, 5.74) is 0. The molecule has 0 rings (SSSR count). The molecule has 1 amide bonds. The number of carbonyl (C=O) groups is 1. The quantitative estimate of drug-likeness (QED) is 0.0475. The molecule has 3 atom stereocenters. The number of aliphatic hydroxyl groups is 3. The number of carbonyl (C=O) groups excluding carboxylic acids is 1. The van der Waals surface area contributed by atoms with Crippen molar-refractivity contribution in [1.29, 1.82) is 0 Å². The third kappa shape index (κ3) is 35.7. The van der Waals surface area contributed by atoms with E-state index in [1.807, 2.05) is 0 Å². The molecular weight excluding hydrogens is 618 g/mol. The van der Waals surface area contributed by atoms with E-state index in [-0.39, 0.29) is 6.61 Å². The van der Waals surface area contributed by atoms with Crippen LogP contribution in [0.5, 0.6) is 0 Å². The molecule has 0 aliphatic carbocycles. The largest absolute Gasteiger partial charge is 0.394 e. The zero-order valence-corrected chi connectivity index (χ0v) is 34.1. The normalized spacial score (nSPS) is 13.5. The molecule has 3 unspecified atom stereocenters. The van der Waals surface area contributed by atoms with Gasteiger partial charge in [-0.15, -0.1) is 0 Å². The van der Waals surface area contributed by atoms with Gasteiger partial charge in [-0.1, -0.05) is 245 Å². The van der Waals surface area contributed by atoms with Gasteiger partial charge >= 0.3 is 0 Å². The van der Waals surface area contributed by atoms with Crippen LogP contribution >= 0.6 is 0 Å². The summed E-state index contributed by atoms with van der Waals surface area (Å²) in [6.45, 7) is 4.24. The van der Waals surface area contributed by atoms with Crippen molar-refractivity contribution in [2.24, 2.45) is 0 Å². The second-order valence-corrected chi connectivity index (χ2v) is 16.0. The van der Waals surface area contributed by atoms with Crippen molar-refractivity contribution in [1.82, 2.24) is 5.32 Å². The summed E-state index contributed by atoms with van der Waals surface area (Å²) < 4.78 is 0. The van der Waals surface area contributed by atoms with E-state index in [4.69, 9.17) is 0 Å². The molecule has 300 valence electrons. The van der Waals surface area contributed by atoms with Gasteiger partial charge < -0.3 is 20.6 Å². The van der Waals surface area contributed by atoms with Gasteiger partial charge in [-0.05, 0) is 12.8 Å². The van der Waals surface area contributed by atoms with Crippen molar-refractivity contribution >= 4 is 5.91 Å². The van der Waals surface area contributed by atoms with Crippen LogP contribution in [0.3, 0.4) is 0 Å². The lowest BCUT2D eigenvalue weighted by atomic mass is 10.0. The Morgan fingerprint density at radius 1 is 0.400 bits per heavy atom. The van der Waals surface area contributed by atoms with E-state index in [2.05, 4.69) is 19.2 Å². The Hall–Kier alpha value is -0.650. The molecule has 4 N–H and O–H groups in total. The highest BCUT2D eigenvalue weighted by molar-refractivity contribution is 5.80. The first-order valence-corrected chi connectivity index (χ1v) is 22.8. The van der Waals surface area contributed by atoms with Gasteiger partial charge in [0.1, 0.15) is 6.10 Å². The summed E-state index contributed by atoms with van der Waals surface area (Å²) in [6, 6.07) is -0.704. The highest BCUT2D eigenvalue weighted by Gasteiger charge is 2.23. The number of rotatable bonds is 42. The molecule has 0 heterocycles. The first-order valence-electron chi connectivity index (χ1n) is 22.8. The summed E-state index contributed by atoms with van der Waals surface area (Å²) in [7, 11) is 0. The molecule has 0 radical (unpaired) electrons.